The lowest BCUT2D eigenvalue weighted by atomic mass is 10.1. The van der Waals surface area contributed by atoms with Crippen molar-refractivity contribution in [3.05, 3.63) is 29.8 Å². The van der Waals surface area contributed by atoms with Gasteiger partial charge in [-0.15, -0.1) is 12.3 Å². The molecule has 3 nitrogen and oxygen atoms in total. The van der Waals surface area contributed by atoms with Crippen molar-refractivity contribution < 1.29 is 12.6 Å². The molecule has 0 N–H and O–H groups in total. The fraction of sp³-hybridized carbons (Fsp3) is 0.636. The van der Waals surface area contributed by atoms with Crippen LogP contribution >= 0.6 is 0 Å². The minimum atomic E-state index is -3.60. The first kappa shape index (κ1) is 22.7. The van der Waals surface area contributed by atoms with Crippen LogP contribution in [0, 0.1) is 19.3 Å². The highest BCUT2D eigenvalue weighted by Gasteiger charge is 2.14. The standard InChI is InChI=1S/C22H34O3S/c1-3-4-5-6-7-8-9-10-11-12-13-14-15-20-25-26(23,24)22-18-16-21(2)17-19-22/h1,16-19H,4-15,20H2,2H3. The molecule has 0 aromatic heterocycles. The van der Waals surface area contributed by atoms with Gasteiger partial charge in [0.1, 0.15) is 0 Å². The zero-order valence-electron chi connectivity index (χ0n) is 16.2. The van der Waals surface area contributed by atoms with Crippen LogP contribution in [0.3, 0.4) is 0 Å². The SMILES string of the molecule is C#CCCCCCCCCCCCCCOS(=O)(=O)c1ccc(C)cc1. The summed E-state index contributed by atoms with van der Waals surface area (Å²) in [6, 6.07) is 6.76. The second-order valence-electron chi connectivity index (χ2n) is 6.93. The largest absolute Gasteiger partial charge is 0.296 e. The van der Waals surface area contributed by atoms with Crippen molar-refractivity contribution in [3.8, 4) is 12.3 Å². The van der Waals surface area contributed by atoms with Crippen LogP contribution in [0.4, 0.5) is 0 Å². The van der Waals surface area contributed by atoms with Gasteiger partial charge in [0, 0.05) is 6.42 Å². The molecule has 0 fully saturated rings. The van der Waals surface area contributed by atoms with Crippen LogP contribution < -0.4 is 0 Å². The Kier molecular flexibility index (Phi) is 12.1. The fourth-order valence-electron chi connectivity index (χ4n) is 2.86. The number of benzene rings is 1. The normalized spacial score (nSPS) is 11.4. The smallest absolute Gasteiger partial charge is 0.266 e. The Hall–Kier alpha value is -1.31. The molecule has 146 valence electrons. The first-order valence-corrected chi connectivity index (χ1v) is 11.4. The van der Waals surface area contributed by atoms with Crippen molar-refractivity contribution in [2.75, 3.05) is 6.61 Å². The minimum Gasteiger partial charge on any atom is -0.266 e. The van der Waals surface area contributed by atoms with Gasteiger partial charge in [-0.1, -0.05) is 75.5 Å². The van der Waals surface area contributed by atoms with E-state index >= 15 is 0 Å². The molecule has 0 atom stereocenters. The van der Waals surface area contributed by atoms with Gasteiger partial charge in [-0.3, -0.25) is 4.18 Å². The molecule has 4 heteroatoms. The lowest BCUT2D eigenvalue weighted by Crippen LogP contribution is -2.07. The van der Waals surface area contributed by atoms with E-state index in [1.165, 1.54) is 44.9 Å². The average molecular weight is 379 g/mol. The minimum absolute atomic E-state index is 0.238. The molecule has 0 spiro atoms. The van der Waals surface area contributed by atoms with E-state index in [4.69, 9.17) is 10.6 Å². The highest BCUT2D eigenvalue weighted by Crippen LogP contribution is 2.15. The van der Waals surface area contributed by atoms with Crippen LogP contribution in [0.25, 0.3) is 0 Å². The zero-order valence-corrected chi connectivity index (χ0v) is 17.0. The quantitative estimate of drug-likeness (QED) is 0.213. The van der Waals surface area contributed by atoms with Crippen molar-refractivity contribution in [2.24, 2.45) is 0 Å². The van der Waals surface area contributed by atoms with Crippen molar-refractivity contribution in [1.29, 1.82) is 0 Å². The molecule has 0 radical (unpaired) electrons. The molecule has 26 heavy (non-hydrogen) atoms. The predicted octanol–water partition coefficient (Wildman–Crippen LogP) is 6.01. The van der Waals surface area contributed by atoms with Gasteiger partial charge in [0.05, 0.1) is 11.5 Å². The van der Waals surface area contributed by atoms with Crippen molar-refractivity contribution in [1.82, 2.24) is 0 Å². The molecule has 0 aliphatic heterocycles. The molecule has 0 unspecified atom stereocenters. The number of rotatable bonds is 15. The molecular formula is C22H34O3S. The third kappa shape index (κ3) is 10.6. The zero-order chi connectivity index (χ0) is 19.1. The summed E-state index contributed by atoms with van der Waals surface area (Å²) in [5, 5.41) is 0. The van der Waals surface area contributed by atoms with E-state index in [2.05, 4.69) is 5.92 Å². The Balaban J connectivity index is 1.95. The Morgan fingerprint density at radius 1 is 0.808 bits per heavy atom. The van der Waals surface area contributed by atoms with Crippen molar-refractivity contribution >= 4 is 10.1 Å². The van der Waals surface area contributed by atoms with E-state index in [0.717, 1.165) is 37.7 Å². The number of hydrogen-bond donors (Lipinski definition) is 0. The molecule has 1 aromatic carbocycles. The lowest BCUT2D eigenvalue weighted by Gasteiger charge is -2.06. The molecule has 1 rings (SSSR count). The van der Waals surface area contributed by atoms with E-state index in [0.29, 0.717) is 0 Å². The third-order valence-electron chi connectivity index (χ3n) is 4.51. The van der Waals surface area contributed by atoms with Crippen LogP contribution in [0.5, 0.6) is 0 Å². The molecule has 0 bridgehead atoms. The van der Waals surface area contributed by atoms with Crippen LogP contribution in [0.15, 0.2) is 29.2 Å². The van der Waals surface area contributed by atoms with Gasteiger partial charge in [0.15, 0.2) is 0 Å². The molecule has 0 saturated carbocycles. The van der Waals surface area contributed by atoms with Gasteiger partial charge in [0.2, 0.25) is 0 Å². The van der Waals surface area contributed by atoms with Crippen molar-refractivity contribution in [3.63, 3.8) is 0 Å². The van der Waals surface area contributed by atoms with Gasteiger partial charge in [-0.05, 0) is 31.9 Å². The molecule has 0 aliphatic rings. The first-order valence-electron chi connectivity index (χ1n) is 9.96. The second-order valence-corrected chi connectivity index (χ2v) is 8.55. The summed E-state index contributed by atoms with van der Waals surface area (Å²) in [5.74, 6) is 2.68. The number of hydrogen-bond acceptors (Lipinski definition) is 3. The van der Waals surface area contributed by atoms with Crippen LogP contribution in [0.2, 0.25) is 0 Å². The summed E-state index contributed by atoms with van der Waals surface area (Å²) in [6.45, 7) is 2.20. The van der Waals surface area contributed by atoms with E-state index in [-0.39, 0.29) is 11.5 Å². The monoisotopic (exact) mass is 378 g/mol. The maximum absolute atomic E-state index is 12.0. The molecule has 0 aliphatic carbocycles. The van der Waals surface area contributed by atoms with Gasteiger partial charge in [-0.2, -0.15) is 8.42 Å². The molecule has 0 heterocycles. The number of aryl methyl sites for hydroxylation is 1. The highest BCUT2D eigenvalue weighted by atomic mass is 32.2. The van der Waals surface area contributed by atoms with Crippen LogP contribution in [0.1, 0.15) is 82.6 Å². The topological polar surface area (TPSA) is 43.4 Å². The van der Waals surface area contributed by atoms with Gasteiger partial charge in [0.25, 0.3) is 10.1 Å². The Morgan fingerprint density at radius 2 is 1.27 bits per heavy atom. The molecule has 0 amide bonds. The Labute approximate surface area is 160 Å². The summed E-state index contributed by atoms with van der Waals surface area (Å²) in [7, 11) is -3.60. The number of unbranched alkanes of at least 4 members (excludes halogenated alkanes) is 11. The average Bonchev–Trinajstić information content (AvgIpc) is 2.62. The summed E-state index contributed by atoms with van der Waals surface area (Å²) >= 11 is 0. The molecule has 1 aromatic rings. The highest BCUT2D eigenvalue weighted by molar-refractivity contribution is 7.86. The Bertz CT molecular complexity index is 612. The molecular weight excluding hydrogens is 344 g/mol. The van der Waals surface area contributed by atoms with E-state index in [9.17, 15) is 8.42 Å². The maximum atomic E-state index is 12.0. The van der Waals surface area contributed by atoms with E-state index < -0.39 is 10.1 Å². The van der Waals surface area contributed by atoms with Crippen LogP contribution in [-0.2, 0) is 14.3 Å². The predicted molar refractivity (Wildman–Crippen MR) is 109 cm³/mol. The van der Waals surface area contributed by atoms with Gasteiger partial charge < -0.3 is 0 Å². The van der Waals surface area contributed by atoms with Crippen molar-refractivity contribution in [2.45, 2.75) is 88.9 Å². The lowest BCUT2D eigenvalue weighted by molar-refractivity contribution is 0.306. The fourth-order valence-corrected chi connectivity index (χ4v) is 3.80. The maximum Gasteiger partial charge on any atom is 0.296 e. The first-order chi connectivity index (χ1) is 12.6. The molecule has 0 saturated heterocycles. The van der Waals surface area contributed by atoms with Crippen LogP contribution in [-0.4, -0.2) is 15.0 Å². The third-order valence-corrected chi connectivity index (χ3v) is 5.84. The van der Waals surface area contributed by atoms with Gasteiger partial charge >= 0.3 is 0 Å². The summed E-state index contributed by atoms with van der Waals surface area (Å²) in [6.07, 6.45) is 19.3. The van der Waals surface area contributed by atoms with E-state index in [1.807, 2.05) is 6.92 Å². The summed E-state index contributed by atoms with van der Waals surface area (Å²) < 4.78 is 29.2. The number of terminal acetylenes is 1. The summed E-state index contributed by atoms with van der Waals surface area (Å²) in [4.78, 5) is 0.238. The van der Waals surface area contributed by atoms with E-state index in [1.54, 1.807) is 24.3 Å². The van der Waals surface area contributed by atoms with Gasteiger partial charge in [-0.25, -0.2) is 0 Å². The second kappa shape index (κ2) is 13.8. The Morgan fingerprint density at radius 3 is 1.77 bits per heavy atom. The summed E-state index contributed by atoms with van der Waals surface area (Å²) in [5.41, 5.74) is 1.04.